The molecule has 160 valence electrons. The Kier molecular flexibility index (Phi) is 7.79. The van der Waals surface area contributed by atoms with Gasteiger partial charge in [-0.15, -0.1) is 0 Å². The molecule has 30 heavy (non-hydrogen) atoms. The Morgan fingerprint density at radius 1 is 1.10 bits per heavy atom. The van der Waals surface area contributed by atoms with Crippen molar-refractivity contribution in [2.45, 2.75) is 32.0 Å². The van der Waals surface area contributed by atoms with Crippen LogP contribution in [0, 0.1) is 5.82 Å². The molecule has 6 nitrogen and oxygen atoms in total. The zero-order valence-electron chi connectivity index (χ0n) is 17.6. The SMILES string of the molecule is CN=C(NCCNC(=O)c1ccccc1F)NC1CC(C)N(Cc2ccccc2)C1. The second-order valence-corrected chi connectivity index (χ2v) is 7.58. The van der Waals surface area contributed by atoms with Gasteiger partial charge in [-0.1, -0.05) is 42.5 Å². The van der Waals surface area contributed by atoms with Crippen LogP contribution in [-0.2, 0) is 6.54 Å². The van der Waals surface area contributed by atoms with Crippen LogP contribution < -0.4 is 16.0 Å². The highest BCUT2D eigenvalue weighted by molar-refractivity contribution is 5.94. The van der Waals surface area contributed by atoms with Crippen LogP contribution in [-0.4, -0.2) is 55.5 Å². The summed E-state index contributed by atoms with van der Waals surface area (Å²) >= 11 is 0. The lowest BCUT2D eigenvalue weighted by Gasteiger charge is -2.21. The van der Waals surface area contributed by atoms with Crippen LogP contribution in [0.25, 0.3) is 0 Å². The van der Waals surface area contributed by atoms with Crippen LogP contribution in [0.15, 0.2) is 59.6 Å². The molecule has 0 saturated carbocycles. The number of halogens is 1. The summed E-state index contributed by atoms with van der Waals surface area (Å²) < 4.78 is 13.7. The zero-order chi connectivity index (χ0) is 21.3. The van der Waals surface area contributed by atoms with Crippen LogP contribution in [0.4, 0.5) is 4.39 Å². The van der Waals surface area contributed by atoms with Gasteiger partial charge in [-0.25, -0.2) is 4.39 Å². The number of guanidine groups is 1. The van der Waals surface area contributed by atoms with E-state index in [1.807, 2.05) is 6.07 Å². The Hall–Kier alpha value is -2.93. The first-order valence-electron chi connectivity index (χ1n) is 10.3. The maximum Gasteiger partial charge on any atom is 0.254 e. The summed E-state index contributed by atoms with van der Waals surface area (Å²) in [5, 5.41) is 9.40. The fourth-order valence-corrected chi connectivity index (χ4v) is 3.73. The van der Waals surface area contributed by atoms with E-state index >= 15 is 0 Å². The normalized spacial score (nSPS) is 19.5. The van der Waals surface area contributed by atoms with E-state index < -0.39 is 11.7 Å². The van der Waals surface area contributed by atoms with E-state index in [1.165, 1.54) is 17.7 Å². The summed E-state index contributed by atoms with van der Waals surface area (Å²) in [4.78, 5) is 18.8. The van der Waals surface area contributed by atoms with Crippen molar-refractivity contribution in [1.29, 1.82) is 0 Å². The van der Waals surface area contributed by atoms with Crippen molar-refractivity contribution in [2.75, 3.05) is 26.7 Å². The first-order valence-corrected chi connectivity index (χ1v) is 10.3. The zero-order valence-corrected chi connectivity index (χ0v) is 17.6. The number of benzene rings is 2. The van der Waals surface area contributed by atoms with Gasteiger partial charge in [-0.2, -0.15) is 0 Å². The molecule has 3 N–H and O–H groups in total. The Labute approximate surface area is 177 Å². The van der Waals surface area contributed by atoms with E-state index in [2.05, 4.69) is 57.0 Å². The van der Waals surface area contributed by atoms with Crippen LogP contribution in [0.2, 0.25) is 0 Å². The van der Waals surface area contributed by atoms with Crippen molar-refractivity contribution >= 4 is 11.9 Å². The molecule has 0 aliphatic carbocycles. The molecule has 1 fully saturated rings. The fourth-order valence-electron chi connectivity index (χ4n) is 3.73. The smallest absolute Gasteiger partial charge is 0.254 e. The van der Waals surface area contributed by atoms with Crippen LogP contribution in [0.1, 0.15) is 29.3 Å². The number of carbonyl (C=O) groups excluding carboxylic acids is 1. The maximum atomic E-state index is 13.7. The number of likely N-dealkylation sites (tertiary alicyclic amines) is 1. The third-order valence-electron chi connectivity index (χ3n) is 5.32. The monoisotopic (exact) mass is 411 g/mol. The first kappa shape index (κ1) is 21.8. The number of hydrogen-bond donors (Lipinski definition) is 3. The van der Waals surface area contributed by atoms with Gasteiger partial charge < -0.3 is 16.0 Å². The molecule has 0 radical (unpaired) electrons. The quantitative estimate of drug-likeness (QED) is 0.372. The number of nitrogens with zero attached hydrogens (tertiary/aromatic N) is 2. The average molecular weight is 412 g/mol. The Morgan fingerprint density at radius 2 is 1.80 bits per heavy atom. The predicted molar refractivity (Wildman–Crippen MR) is 118 cm³/mol. The molecular weight excluding hydrogens is 381 g/mol. The molecule has 1 saturated heterocycles. The second kappa shape index (κ2) is 10.7. The number of rotatable bonds is 7. The minimum absolute atomic E-state index is 0.0541. The van der Waals surface area contributed by atoms with Gasteiger partial charge in [0.1, 0.15) is 5.82 Å². The van der Waals surface area contributed by atoms with Crippen LogP contribution in [0.5, 0.6) is 0 Å². The van der Waals surface area contributed by atoms with E-state index in [4.69, 9.17) is 0 Å². The van der Waals surface area contributed by atoms with Gasteiger partial charge in [0.2, 0.25) is 0 Å². The third-order valence-corrected chi connectivity index (χ3v) is 5.32. The highest BCUT2D eigenvalue weighted by Gasteiger charge is 2.29. The topological polar surface area (TPSA) is 68.8 Å². The van der Waals surface area contributed by atoms with Gasteiger partial charge in [0, 0.05) is 45.3 Å². The minimum atomic E-state index is -0.518. The molecule has 2 aromatic carbocycles. The number of amides is 1. The molecule has 0 spiro atoms. The fraction of sp³-hybridized carbons (Fsp3) is 0.391. The largest absolute Gasteiger partial charge is 0.355 e. The lowest BCUT2D eigenvalue weighted by atomic mass is 10.2. The lowest BCUT2D eigenvalue weighted by molar-refractivity contribution is 0.0950. The van der Waals surface area contributed by atoms with Crippen molar-refractivity contribution in [3.05, 3.63) is 71.5 Å². The molecule has 7 heteroatoms. The van der Waals surface area contributed by atoms with Gasteiger partial charge in [0.25, 0.3) is 5.91 Å². The van der Waals surface area contributed by atoms with E-state index in [9.17, 15) is 9.18 Å². The molecule has 2 aromatic rings. The van der Waals surface area contributed by atoms with E-state index in [-0.39, 0.29) is 5.56 Å². The number of aliphatic imine (C=N–C) groups is 1. The summed E-state index contributed by atoms with van der Waals surface area (Å²) in [6.45, 7) is 5.00. The van der Waals surface area contributed by atoms with Crippen molar-refractivity contribution in [2.24, 2.45) is 4.99 Å². The standard InChI is InChI=1S/C23H30FN5O/c1-17-14-19(16-29(17)15-18-8-4-3-5-9-18)28-23(25-2)27-13-12-26-22(30)20-10-6-7-11-21(20)24/h3-11,17,19H,12-16H2,1-2H3,(H,26,30)(H2,25,27,28). The second-order valence-electron chi connectivity index (χ2n) is 7.58. The van der Waals surface area contributed by atoms with E-state index in [1.54, 1.807) is 19.2 Å². The summed E-state index contributed by atoms with van der Waals surface area (Å²) in [7, 11) is 1.73. The van der Waals surface area contributed by atoms with Gasteiger partial charge in [0.15, 0.2) is 5.96 Å². The molecule has 2 atom stereocenters. The van der Waals surface area contributed by atoms with Gasteiger partial charge in [0.05, 0.1) is 5.56 Å². The predicted octanol–water partition coefficient (Wildman–Crippen LogP) is 2.38. The summed E-state index contributed by atoms with van der Waals surface area (Å²) in [5.41, 5.74) is 1.37. The Balaban J connectivity index is 1.40. The molecular formula is C23H30FN5O. The van der Waals surface area contributed by atoms with Crippen molar-refractivity contribution in [3.8, 4) is 0 Å². The molecule has 1 aliphatic rings. The summed E-state index contributed by atoms with van der Waals surface area (Å²) in [5.74, 6) is -0.233. The van der Waals surface area contributed by atoms with Crippen molar-refractivity contribution < 1.29 is 9.18 Å². The van der Waals surface area contributed by atoms with Crippen molar-refractivity contribution in [1.82, 2.24) is 20.9 Å². The number of hydrogen-bond acceptors (Lipinski definition) is 3. The molecule has 1 amide bonds. The average Bonchev–Trinajstić information content (AvgIpc) is 3.09. The Morgan fingerprint density at radius 3 is 2.53 bits per heavy atom. The Bertz CT molecular complexity index is 858. The highest BCUT2D eigenvalue weighted by atomic mass is 19.1. The van der Waals surface area contributed by atoms with E-state index in [0.29, 0.717) is 31.1 Å². The first-order chi connectivity index (χ1) is 14.6. The third kappa shape index (κ3) is 6.03. The molecule has 1 aliphatic heterocycles. The molecule has 0 bridgehead atoms. The summed E-state index contributed by atoms with van der Waals surface area (Å²) in [6.07, 6.45) is 1.04. The van der Waals surface area contributed by atoms with Gasteiger partial charge in [-0.05, 0) is 31.0 Å². The van der Waals surface area contributed by atoms with Crippen LogP contribution in [0.3, 0.4) is 0 Å². The van der Waals surface area contributed by atoms with E-state index in [0.717, 1.165) is 19.5 Å². The number of nitrogens with one attached hydrogen (secondary N) is 3. The van der Waals surface area contributed by atoms with Crippen LogP contribution >= 0.6 is 0 Å². The minimum Gasteiger partial charge on any atom is -0.355 e. The number of carbonyl (C=O) groups is 1. The molecule has 2 unspecified atom stereocenters. The molecule has 3 rings (SSSR count). The van der Waals surface area contributed by atoms with Gasteiger partial charge >= 0.3 is 0 Å². The lowest BCUT2D eigenvalue weighted by Crippen LogP contribution is -2.46. The molecule has 0 aromatic heterocycles. The van der Waals surface area contributed by atoms with Crippen molar-refractivity contribution in [3.63, 3.8) is 0 Å². The maximum absolute atomic E-state index is 13.7. The summed E-state index contributed by atoms with van der Waals surface area (Å²) in [6, 6.07) is 17.3. The van der Waals surface area contributed by atoms with Gasteiger partial charge in [-0.3, -0.25) is 14.7 Å². The highest BCUT2D eigenvalue weighted by Crippen LogP contribution is 2.20. The molecule has 1 heterocycles.